The number of methoxy groups -OCH3 is 1. The van der Waals surface area contributed by atoms with Crippen molar-refractivity contribution in [3.63, 3.8) is 0 Å². The molecule has 1 saturated heterocycles. The van der Waals surface area contributed by atoms with Crippen LogP contribution in [-0.4, -0.2) is 57.9 Å². The van der Waals surface area contributed by atoms with Crippen molar-refractivity contribution < 1.29 is 14.6 Å². The van der Waals surface area contributed by atoms with E-state index in [1.54, 1.807) is 22.6 Å². The van der Waals surface area contributed by atoms with E-state index in [2.05, 4.69) is 4.98 Å². The van der Waals surface area contributed by atoms with E-state index in [-0.39, 0.29) is 18.0 Å². The molecule has 7 nitrogen and oxygen atoms in total. The minimum atomic E-state index is -1.02. The molecule has 2 aromatic rings. The number of likely N-dealkylation sites (tertiary alicyclic amines) is 1. The molecule has 0 aliphatic carbocycles. The normalized spacial score (nSPS) is 16.6. The molecule has 3 rings (SSSR count). The van der Waals surface area contributed by atoms with E-state index in [1.165, 1.54) is 0 Å². The molecular formula is C20H27N3O4. The summed E-state index contributed by atoms with van der Waals surface area (Å²) in [5.41, 5.74) is -0.457. The summed E-state index contributed by atoms with van der Waals surface area (Å²) in [5, 5.41) is 11.6. The number of rotatable bonds is 6. The second-order valence-electron chi connectivity index (χ2n) is 7.14. The molecular weight excluding hydrogens is 346 g/mol. The first-order valence-corrected chi connectivity index (χ1v) is 9.45. The van der Waals surface area contributed by atoms with Crippen LogP contribution in [0, 0.1) is 0 Å². The van der Waals surface area contributed by atoms with Crippen molar-refractivity contribution in [2.45, 2.75) is 44.8 Å². The quantitative estimate of drug-likeness (QED) is 0.826. The average molecular weight is 373 g/mol. The molecule has 1 aliphatic heterocycles. The molecule has 0 bridgehead atoms. The van der Waals surface area contributed by atoms with Crippen LogP contribution >= 0.6 is 0 Å². The van der Waals surface area contributed by atoms with Gasteiger partial charge in [-0.05, 0) is 25.0 Å². The molecule has 7 heteroatoms. The van der Waals surface area contributed by atoms with Crippen LogP contribution in [-0.2, 0) is 22.5 Å². The number of aromatic nitrogens is 2. The van der Waals surface area contributed by atoms with Crippen LogP contribution in [0.2, 0.25) is 0 Å². The van der Waals surface area contributed by atoms with Crippen molar-refractivity contribution in [2.75, 3.05) is 26.8 Å². The maximum absolute atomic E-state index is 12.9. The van der Waals surface area contributed by atoms with Crippen molar-refractivity contribution in [1.29, 1.82) is 0 Å². The largest absolute Gasteiger partial charge is 0.388 e. The van der Waals surface area contributed by atoms with Gasteiger partial charge >= 0.3 is 0 Å². The lowest BCUT2D eigenvalue weighted by Gasteiger charge is -2.38. The molecule has 0 atom stereocenters. The summed E-state index contributed by atoms with van der Waals surface area (Å²) in [5.74, 6) is 0.711. The molecule has 2 heterocycles. The number of hydrogen-bond donors (Lipinski definition) is 1. The zero-order valence-electron chi connectivity index (χ0n) is 16.0. The molecule has 1 fully saturated rings. The van der Waals surface area contributed by atoms with Crippen molar-refractivity contribution in [1.82, 2.24) is 14.5 Å². The van der Waals surface area contributed by atoms with Gasteiger partial charge in [-0.3, -0.25) is 14.2 Å². The highest BCUT2D eigenvalue weighted by atomic mass is 16.5. The summed E-state index contributed by atoms with van der Waals surface area (Å²) in [6.07, 6.45) is 1.84. The number of amides is 1. The molecule has 1 N–H and O–H groups in total. The predicted octanol–water partition coefficient (Wildman–Crippen LogP) is 1.35. The first-order chi connectivity index (χ1) is 13.0. The van der Waals surface area contributed by atoms with Gasteiger partial charge in [0.1, 0.15) is 5.82 Å². The number of nitrogens with zero attached hydrogens (tertiary/aromatic N) is 3. The van der Waals surface area contributed by atoms with Crippen molar-refractivity contribution in [3.8, 4) is 0 Å². The average Bonchev–Trinajstić information content (AvgIpc) is 2.68. The third kappa shape index (κ3) is 4.20. The molecule has 1 aromatic carbocycles. The van der Waals surface area contributed by atoms with E-state index < -0.39 is 5.60 Å². The summed E-state index contributed by atoms with van der Waals surface area (Å²) in [6.45, 7) is 3.52. The van der Waals surface area contributed by atoms with E-state index in [0.717, 1.165) is 0 Å². The summed E-state index contributed by atoms with van der Waals surface area (Å²) in [7, 11) is 1.57. The smallest absolute Gasteiger partial charge is 0.261 e. The van der Waals surface area contributed by atoms with Crippen molar-refractivity contribution in [2.24, 2.45) is 0 Å². The van der Waals surface area contributed by atoms with Crippen LogP contribution in [0.3, 0.4) is 0 Å². The zero-order valence-corrected chi connectivity index (χ0v) is 16.0. The second-order valence-corrected chi connectivity index (χ2v) is 7.14. The molecule has 1 aliphatic rings. The fourth-order valence-corrected chi connectivity index (χ4v) is 3.62. The highest BCUT2D eigenvalue weighted by Gasteiger charge is 2.35. The van der Waals surface area contributed by atoms with Gasteiger partial charge in [0, 0.05) is 26.6 Å². The molecule has 1 amide bonds. The van der Waals surface area contributed by atoms with Crippen LogP contribution in [0.25, 0.3) is 10.9 Å². The molecule has 27 heavy (non-hydrogen) atoms. The van der Waals surface area contributed by atoms with Crippen molar-refractivity contribution >= 4 is 16.8 Å². The summed E-state index contributed by atoms with van der Waals surface area (Å²) >= 11 is 0. The van der Waals surface area contributed by atoms with Gasteiger partial charge in [-0.15, -0.1) is 0 Å². The van der Waals surface area contributed by atoms with Gasteiger partial charge in [-0.25, -0.2) is 4.98 Å². The Labute approximate surface area is 158 Å². The number of piperidine rings is 1. The highest BCUT2D eigenvalue weighted by molar-refractivity contribution is 5.77. The van der Waals surface area contributed by atoms with Crippen LogP contribution in [0.4, 0.5) is 0 Å². The number of aryl methyl sites for hydroxylation is 1. The summed E-state index contributed by atoms with van der Waals surface area (Å²) < 4.78 is 6.56. The number of para-hydroxylation sites is 1. The lowest BCUT2D eigenvalue weighted by molar-refractivity contribution is -0.136. The number of fused-ring (bicyclic) bond motifs is 1. The standard InChI is InChI=1S/C20H27N3O4/c1-3-17-21-16-7-5-4-6-15(16)19(25)23(17)14-20(26)9-11-22(12-10-20)18(24)8-13-27-2/h4-7,26H,3,8-14H2,1-2H3. The minimum Gasteiger partial charge on any atom is -0.388 e. The fraction of sp³-hybridized carbons (Fsp3) is 0.550. The Morgan fingerprint density at radius 2 is 2.00 bits per heavy atom. The van der Waals surface area contributed by atoms with Gasteiger partial charge in [0.2, 0.25) is 5.91 Å². The SMILES string of the molecule is CCc1nc2ccccc2c(=O)n1CC1(O)CCN(C(=O)CCOC)CC1. The Morgan fingerprint density at radius 3 is 2.67 bits per heavy atom. The molecule has 146 valence electrons. The predicted molar refractivity (Wildman–Crippen MR) is 103 cm³/mol. The van der Waals surface area contributed by atoms with Gasteiger partial charge in [-0.2, -0.15) is 0 Å². The first kappa shape index (κ1) is 19.5. The monoisotopic (exact) mass is 373 g/mol. The fourth-order valence-electron chi connectivity index (χ4n) is 3.62. The van der Waals surface area contributed by atoms with Gasteiger partial charge in [0.25, 0.3) is 5.56 Å². The van der Waals surface area contributed by atoms with E-state index >= 15 is 0 Å². The first-order valence-electron chi connectivity index (χ1n) is 9.45. The van der Waals surface area contributed by atoms with Crippen LogP contribution in [0.5, 0.6) is 0 Å². The van der Waals surface area contributed by atoms with Crippen LogP contribution in [0.15, 0.2) is 29.1 Å². The number of aliphatic hydroxyl groups is 1. The van der Waals surface area contributed by atoms with Gasteiger partial charge < -0.3 is 14.7 Å². The number of hydrogen-bond acceptors (Lipinski definition) is 5. The molecule has 0 saturated carbocycles. The topological polar surface area (TPSA) is 84.7 Å². The van der Waals surface area contributed by atoms with Crippen LogP contribution < -0.4 is 5.56 Å². The molecule has 0 unspecified atom stereocenters. The Kier molecular flexibility index (Phi) is 5.92. The third-order valence-electron chi connectivity index (χ3n) is 5.28. The molecule has 1 aromatic heterocycles. The van der Waals surface area contributed by atoms with E-state index in [4.69, 9.17) is 4.74 Å². The lowest BCUT2D eigenvalue weighted by atomic mass is 9.91. The van der Waals surface area contributed by atoms with Gasteiger partial charge in [-0.1, -0.05) is 19.1 Å². The maximum atomic E-state index is 12.9. The van der Waals surface area contributed by atoms with E-state index in [1.807, 2.05) is 25.1 Å². The van der Waals surface area contributed by atoms with Crippen molar-refractivity contribution in [3.05, 3.63) is 40.4 Å². The Balaban J connectivity index is 1.78. The van der Waals surface area contributed by atoms with E-state index in [9.17, 15) is 14.7 Å². The number of benzene rings is 1. The number of carbonyl (C=O) groups is 1. The summed E-state index contributed by atoms with van der Waals surface area (Å²) in [6, 6.07) is 7.28. The summed E-state index contributed by atoms with van der Waals surface area (Å²) in [4.78, 5) is 31.4. The second kappa shape index (κ2) is 8.19. The number of carbonyl (C=O) groups excluding carboxylic acids is 1. The maximum Gasteiger partial charge on any atom is 0.261 e. The highest BCUT2D eigenvalue weighted by Crippen LogP contribution is 2.25. The Hall–Kier alpha value is -2.25. The Morgan fingerprint density at radius 1 is 1.30 bits per heavy atom. The lowest BCUT2D eigenvalue weighted by Crippen LogP contribution is -2.50. The number of ether oxygens (including phenoxy) is 1. The van der Waals surface area contributed by atoms with Crippen LogP contribution in [0.1, 0.15) is 32.0 Å². The van der Waals surface area contributed by atoms with E-state index in [0.29, 0.717) is 62.1 Å². The molecule has 0 radical (unpaired) electrons. The van der Waals surface area contributed by atoms with Gasteiger partial charge in [0.05, 0.1) is 36.1 Å². The third-order valence-corrected chi connectivity index (χ3v) is 5.28. The molecule has 0 spiro atoms. The zero-order chi connectivity index (χ0) is 19.4. The Bertz CT molecular complexity index is 869. The van der Waals surface area contributed by atoms with Gasteiger partial charge in [0.15, 0.2) is 0 Å². The minimum absolute atomic E-state index is 0.0395.